The average Bonchev–Trinajstić information content (AvgIpc) is 3.36. The topological polar surface area (TPSA) is 176 Å². The molecule has 3 aromatic rings. The number of nitrogens with zero attached hydrogens (tertiary/aromatic N) is 7. The summed E-state index contributed by atoms with van der Waals surface area (Å²) in [4.78, 5) is 44.5. The smallest absolute Gasteiger partial charge is 0.291 e. The lowest BCUT2D eigenvalue weighted by Gasteiger charge is -2.47. The third-order valence-corrected chi connectivity index (χ3v) is 7.15. The maximum absolute atomic E-state index is 12.7. The van der Waals surface area contributed by atoms with Crippen molar-refractivity contribution in [3.05, 3.63) is 39.4 Å². The van der Waals surface area contributed by atoms with E-state index in [1.807, 2.05) is 4.90 Å². The number of likely N-dealkylation sites (tertiary alicyclic amines) is 1. The monoisotopic (exact) mass is 544 g/mol. The molecule has 0 aliphatic carbocycles. The molecule has 14 heteroatoms. The van der Waals surface area contributed by atoms with Crippen LogP contribution in [0.15, 0.2) is 27.6 Å². The van der Waals surface area contributed by atoms with Gasteiger partial charge in [0.1, 0.15) is 5.15 Å². The Morgan fingerprint density at radius 3 is 2.55 bits per heavy atom. The number of piperidine rings is 1. The summed E-state index contributed by atoms with van der Waals surface area (Å²) in [6.45, 7) is 6.89. The minimum atomic E-state index is -0.325. The summed E-state index contributed by atoms with van der Waals surface area (Å²) in [6.07, 6.45) is 5.57. The minimum absolute atomic E-state index is 0.0276. The number of nitrogens with two attached hydrogens (primary N) is 2. The van der Waals surface area contributed by atoms with Crippen LogP contribution < -0.4 is 21.9 Å². The van der Waals surface area contributed by atoms with Gasteiger partial charge in [0.25, 0.3) is 17.4 Å². The van der Waals surface area contributed by atoms with E-state index in [4.69, 9.17) is 27.6 Å². The van der Waals surface area contributed by atoms with Crippen LogP contribution in [0.5, 0.6) is 0 Å². The van der Waals surface area contributed by atoms with Crippen molar-refractivity contribution in [3.8, 4) is 11.6 Å². The normalized spacial score (nSPS) is 19.1. The lowest BCUT2D eigenvalue weighted by molar-refractivity contribution is 0.0700. The Bertz CT molecular complexity index is 1270. The van der Waals surface area contributed by atoms with Gasteiger partial charge in [-0.3, -0.25) is 14.5 Å². The molecule has 5 heterocycles. The van der Waals surface area contributed by atoms with Crippen LogP contribution in [0, 0.1) is 0 Å². The first-order valence-corrected chi connectivity index (χ1v) is 12.9. The third kappa shape index (κ3) is 6.47. The molecular weight excluding hydrogens is 512 g/mol. The Kier molecular flexibility index (Phi) is 8.92. The second-order valence-corrected chi connectivity index (χ2v) is 9.81. The average molecular weight is 545 g/mol. The molecule has 2 saturated heterocycles. The molecule has 38 heavy (non-hydrogen) atoms. The number of carbonyl (C=O) groups is 1. The van der Waals surface area contributed by atoms with Gasteiger partial charge >= 0.3 is 0 Å². The zero-order valence-electron chi connectivity index (χ0n) is 21.5. The molecule has 1 unspecified atom stereocenters. The summed E-state index contributed by atoms with van der Waals surface area (Å²) in [5, 5.41) is 3.93. The number of rotatable bonds is 5. The van der Waals surface area contributed by atoms with Gasteiger partial charge in [0, 0.05) is 43.5 Å². The number of nitrogen functional groups attached to an aromatic ring is 2. The molecule has 1 atom stereocenters. The van der Waals surface area contributed by atoms with Crippen molar-refractivity contribution in [1.82, 2.24) is 34.9 Å². The van der Waals surface area contributed by atoms with Crippen LogP contribution in [0.4, 0.5) is 17.6 Å². The molecule has 3 aromatic heterocycles. The first-order valence-electron chi connectivity index (χ1n) is 12.5. The first-order chi connectivity index (χ1) is 18.3. The van der Waals surface area contributed by atoms with Gasteiger partial charge in [-0.15, -0.1) is 0 Å². The molecule has 0 aromatic carbocycles. The molecule has 204 valence electrons. The summed E-state index contributed by atoms with van der Waals surface area (Å²) in [6, 6.07) is 4.18. The number of anilines is 3. The number of hydrogen-bond acceptors (Lipinski definition) is 12. The van der Waals surface area contributed by atoms with Crippen molar-refractivity contribution in [2.24, 2.45) is 0 Å². The number of aromatic nitrogens is 5. The van der Waals surface area contributed by atoms with Crippen LogP contribution in [-0.2, 0) is 0 Å². The van der Waals surface area contributed by atoms with Crippen LogP contribution in [0.25, 0.3) is 11.6 Å². The molecule has 0 radical (unpaired) electrons. The lowest BCUT2D eigenvalue weighted by atomic mass is 9.98. The van der Waals surface area contributed by atoms with Gasteiger partial charge in [0.05, 0.1) is 0 Å². The molecule has 0 bridgehead atoms. The molecule has 2 fully saturated rings. The van der Waals surface area contributed by atoms with Gasteiger partial charge in [-0.25, -0.2) is 9.97 Å². The molecule has 5 rings (SSSR count). The van der Waals surface area contributed by atoms with E-state index in [2.05, 4.69) is 48.9 Å². The number of carbonyl (C=O) groups excluding carboxylic acids is 1. The molecular formula is C24H33ClN10O3. The highest BCUT2D eigenvalue weighted by molar-refractivity contribution is 6.29. The maximum Gasteiger partial charge on any atom is 0.291 e. The predicted molar refractivity (Wildman–Crippen MR) is 145 cm³/mol. The van der Waals surface area contributed by atoms with E-state index in [-0.39, 0.29) is 28.9 Å². The summed E-state index contributed by atoms with van der Waals surface area (Å²) in [5.74, 6) is 0.490. The Morgan fingerprint density at radius 1 is 1.18 bits per heavy atom. The summed E-state index contributed by atoms with van der Waals surface area (Å²) in [5.41, 5.74) is 12.0. The SMILES string of the molecule is CCC1CN(c2nc(N)c(-c3nc(N)no3)[nH]c2=O)CCN1C1CCN(C)CC1.O=Cc1ccc(Cl)nc1. The zero-order chi connectivity index (χ0) is 27.2. The maximum atomic E-state index is 12.7. The van der Waals surface area contributed by atoms with Crippen LogP contribution in [0.1, 0.15) is 36.5 Å². The van der Waals surface area contributed by atoms with E-state index < -0.39 is 0 Å². The van der Waals surface area contributed by atoms with Gasteiger partial charge in [0.2, 0.25) is 0 Å². The number of nitrogens with one attached hydrogen (secondary N) is 1. The van der Waals surface area contributed by atoms with Gasteiger partial charge < -0.3 is 30.8 Å². The van der Waals surface area contributed by atoms with Crippen molar-refractivity contribution in [2.75, 3.05) is 56.1 Å². The fourth-order valence-electron chi connectivity index (χ4n) is 4.86. The van der Waals surface area contributed by atoms with Gasteiger partial charge in [-0.05, 0) is 56.7 Å². The van der Waals surface area contributed by atoms with Crippen molar-refractivity contribution < 1.29 is 9.32 Å². The molecule has 0 spiro atoms. The fraction of sp³-hybridized carbons (Fsp3) is 0.500. The Labute approximate surface area is 225 Å². The number of H-pyrrole nitrogens is 1. The van der Waals surface area contributed by atoms with E-state index in [1.165, 1.54) is 19.0 Å². The van der Waals surface area contributed by atoms with E-state index in [9.17, 15) is 9.59 Å². The molecule has 0 saturated carbocycles. The van der Waals surface area contributed by atoms with Crippen molar-refractivity contribution >= 4 is 35.5 Å². The highest BCUT2D eigenvalue weighted by atomic mass is 35.5. The number of piperazine rings is 1. The Morgan fingerprint density at radius 2 is 1.95 bits per heavy atom. The largest absolute Gasteiger partial charge is 0.382 e. The van der Waals surface area contributed by atoms with E-state index in [1.54, 1.807) is 12.1 Å². The third-order valence-electron chi connectivity index (χ3n) is 6.92. The second kappa shape index (κ2) is 12.3. The quantitative estimate of drug-likeness (QED) is 0.312. The van der Waals surface area contributed by atoms with Crippen LogP contribution >= 0.6 is 11.6 Å². The highest BCUT2D eigenvalue weighted by Crippen LogP contribution is 2.26. The summed E-state index contributed by atoms with van der Waals surface area (Å²) in [7, 11) is 2.18. The van der Waals surface area contributed by atoms with Gasteiger partial charge in [0.15, 0.2) is 23.6 Å². The molecule has 2 aliphatic heterocycles. The van der Waals surface area contributed by atoms with Gasteiger partial charge in [-0.2, -0.15) is 4.98 Å². The number of halogens is 1. The number of aldehydes is 1. The van der Waals surface area contributed by atoms with Crippen molar-refractivity contribution in [3.63, 3.8) is 0 Å². The number of pyridine rings is 1. The van der Waals surface area contributed by atoms with Gasteiger partial charge in [-0.1, -0.05) is 18.5 Å². The van der Waals surface area contributed by atoms with E-state index >= 15 is 0 Å². The number of aromatic amines is 1. The zero-order valence-corrected chi connectivity index (χ0v) is 22.3. The lowest BCUT2D eigenvalue weighted by Crippen LogP contribution is -2.59. The number of hydrogen-bond donors (Lipinski definition) is 3. The standard InChI is InChI=1S/C18H29N9O2.C6H4ClNO/c1-3-11-10-26(8-9-27(11)12-4-6-25(2)7-5-12)15-16(28)21-13(14(19)22-15)17-23-18(20)24-29-17;7-6-2-1-5(4-9)3-8-6/h11-12H,3-10H2,1-2H3,(H2,19,22)(H2,20,24)(H,21,28);1-4H. The van der Waals surface area contributed by atoms with Crippen molar-refractivity contribution in [2.45, 2.75) is 38.3 Å². The summed E-state index contributed by atoms with van der Waals surface area (Å²) < 4.78 is 4.99. The molecule has 5 N–H and O–H groups in total. The molecule has 0 amide bonds. The highest BCUT2D eigenvalue weighted by Gasteiger charge is 2.34. The van der Waals surface area contributed by atoms with Crippen LogP contribution in [0.3, 0.4) is 0 Å². The predicted octanol–water partition coefficient (Wildman–Crippen LogP) is 1.53. The Balaban J connectivity index is 0.000000317. The van der Waals surface area contributed by atoms with Crippen LogP contribution in [-0.4, -0.2) is 93.0 Å². The van der Waals surface area contributed by atoms with Crippen molar-refractivity contribution in [1.29, 1.82) is 0 Å². The van der Waals surface area contributed by atoms with E-state index in [0.29, 0.717) is 28.6 Å². The second-order valence-electron chi connectivity index (χ2n) is 9.42. The molecule has 13 nitrogen and oxygen atoms in total. The minimum Gasteiger partial charge on any atom is -0.382 e. The summed E-state index contributed by atoms with van der Waals surface area (Å²) >= 11 is 5.44. The van der Waals surface area contributed by atoms with Crippen LogP contribution in [0.2, 0.25) is 5.15 Å². The Hall–Kier alpha value is -3.55. The first kappa shape index (κ1) is 27.5. The molecule has 2 aliphatic rings. The fourth-order valence-corrected chi connectivity index (χ4v) is 4.97. The van der Waals surface area contributed by atoms with E-state index in [0.717, 1.165) is 45.4 Å².